The Kier molecular flexibility index (Phi) is 8.78. The molecule has 0 spiro atoms. The fraction of sp³-hybridized carbons (Fsp3) is 0. The molecule has 10 aromatic rings. The van der Waals surface area contributed by atoms with Crippen LogP contribution in [-0.4, -0.2) is 24.3 Å². The van der Waals surface area contributed by atoms with Gasteiger partial charge in [0.25, 0.3) is 0 Å². The second-order valence-corrected chi connectivity index (χ2v) is 14.0. The highest BCUT2D eigenvalue weighted by atomic mass is 15.0. The number of aromatic nitrogens is 5. The average molecular weight is 730 g/mol. The van der Waals surface area contributed by atoms with Crippen LogP contribution in [-0.2, 0) is 0 Å². The summed E-state index contributed by atoms with van der Waals surface area (Å²) in [6, 6.07) is 71.4. The van der Waals surface area contributed by atoms with Gasteiger partial charge in [-0.2, -0.15) is 0 Å². The first-order valence-electron chi connectivity index (χ1n) is 19.1. The van der Waals surface area contributed by atoms with E-state index >= 15 is 0 Å². The zero-order chi connectivity index (χ0) is 38.0. The first-order chi connectivity index (χ1) is 28.2. The fourth-order valence-electron chi connectivity index (χ4n) is 7.40. The third-order valence-corrected chi connectivity index (χ3v) is 10.3. The summed E-state index contributed by atoms with van der Waals surface area (Å²) in [5, 5.41) is 0. The summed E-state index contributed by atoms with van der Waals surface area (Å²) in [5.74, 6) is 1.86. The van der Waals surface area contributed by atoms with Gasteiger partial charge in [-0.1, -0.05) is 176 Å². The summed E-state index contributed by atoms with van der Waals surface area (Å²) in [5.41, 5.74) is 14.5. The van der Waals surface area contributed by atoms with Gasteiger partial charge in [0, 0.05) is 34.0 Å². The maximum Gasteiger partial charge on any atom is 0.164 e. The zero-order valence-corrected chi connectivity index (χ0v) is 30.9. The molecule has 10 rings (SSSR count). The highest BCUT2D eigenvalue weighted by molar-refractivity contribution is 5.85. The van der Waals surface area contributed by atoms with Crippen LogP contribution in [0.25, 0.3) is 95.7 Å². The van der Waals surface area contributed by atoms with Crippen molar-refractivity contribution in [3.63, 3.8) is 0 Å². The van der Waals surface area contributed by atoms with Crippen LogP contribution in [0.4, 0.5) is 0 Å². The van der Waals surface area contributed by atoms with Gasteiger partial charge in [0.2, 0.25) is 0 Å². The summed E-state index contributed by atoms with van der Waals surface area (Å²) >= 11 is 0. The molecule has 5 heteroatoms. The molecule has 3 heterocycles. The number of nitrogens with zero attached hydrogens (tertiary/aromatic N) is 5. The molecule has 3 aromatic heterocycles. The molecule has 0 bridgehead atoms. The molecule has 7 aromatic carbocycles. The topological polar surface area (TPSA) is 56.0 Å². The molecule has 0 atom stereocenters. The van der Waals surface area contributed by atoms with Crippen molar-refractivity contribution < 1.29 is 0 Å². The molecule has 268 valence electrons. The number of hydrogen-bond donors (Lipinski definition) is 0. The highest BCUT2D eigenvalue weighted by Gasteiger charge is 2.18. The van der Waals surface area contributed by atoms with E-state index in [-0.39, 0.29) is 0 Å². The largest absolute Gasteiger partial charge is 0.299 e. The number of hydrogen-bond acceptors (Lipinski definition) is 4. The van der Waals surface area contributed by atoms with Crippen LogP contribution in [0.2, 0.25) is 0 Å². The third-order valence-electron chi connectivity index (χ3n) is 10.3. The maximum atomic E-state index is 5.15. The Balaban J connectivity index is 1.10. The molecule has 0 amide bonds. The lowest BCUT2D eigenvalue weighted by atomic mass is 9.94. The quantitative estimate of drug-likeness (QED) is 0.156. The van der Waals surface area contributed by atoms with Gasteiger partial charge in [-0.05, 0) is 63.7 Å². The lowest BCUT2D eigenvalue weighted by Gasteiger charge is -2.13. The van der Waals surface area contributed by atoms with E-state index in [1.54, 1.807) is 0 Å². The van der Waals surface area contributed by atoms with Crippen LogP contribution in [0.5, 0.6) is 0 Å². The second-order valence-electron chi connectivity index (χ2n) is 14.0. The molecular weight excluding hydrogens is 695 g/mol. The van der Waals surface area contributed by atoms with E-state index in [4.69, 9.17) is 19.9 Å². The predicted octanol–water partition coefficient (Wildman–Crippen LogP) is 12.9. The van der Waals surface area contributed by atoms with E-state index in [1.165, 1.54) is 5.56 Å². The summed E-state index contributed by atoms with van der Waals surface area (Å²) in [6.07, 6.45) is 2.08. The van der Waals surface area contributed by atoms with Crippen LogP contribution >= 0.6 is 0 Å². The van der Waals surface area contributed by atoms with E-state index in [1.807, 2.05) is 60.7 Å². The lowest BCUT2D eigenvalue weighted by molar-refractivity contribution is 1.07. The Hall–Kier alpha value is -7.76. The average Bonchev–Trinajstić information content (AvgIpc) is 3.70. The Morgan fingerprint density at radius 1 is 0.263 bits per heavy atom. The monoisotopic (exact) mass is 729 g/mol. The van der Waals surface area contributed by atoms with Gasteiger partial charge in [-0.15, -0.1) is 0 Å². The van der Waals surface area contributed by atoms with Gasteiger partial charge in [-0.3, -0.25) is 4.40 Å². The smallest absolute Gasteiger partial charge is 0.164 e. The first-order valence-corrected chi connectivity index (χ1v) is 19.1. The predicted molar refractivity (Wildman–Crippen MR) is 232 cm³/mol. The molecule has 0 fully saturated rings. The lowest BCUT2D eigenvalue weighted by Crippen LogP contribution is -2.00. The molecule has 0 aliphatic rings. The van der Waals surface area contributed by atoms with Gasteiger partial charge in [-0.25, -0.2) is 19.9 Å². The van der Waals surface area contributed by atoms with Crippen molar-refractivity contribution in [3.05, 3.63) is 212 Å². The van der Waals surface area contributed by atoms with Gasteiger partial charge >= 0.3 is 0 Å². The molecule has 0 saturated carbocycles. The molecule has 0 unspecified atom stereocenters. The number of benzene rings is 7. The SMILES string of the molecule is c1ccc(-c2ccc(-c3nc(-c4ccccc4)nc(-c4cc(-c5ccccc5)cc(-c5ccc(-c6c(-c7ccccc7)nc7ccccn67)cc5)c4)n3)cc2)cc1. The van der Waals surface area contributed by atoms with Crippen molar-refractivity contribution in [2.24, 2.45) is 0 Å². The normalized spacial score (nSPS) is 11.2. The maximum absolute atomic E-state index is 5.15. The summed E-state index contributed by atoms with van der Waals surface area (Å²) in [7, 11) is 0. The minimum atomic E-state index is 0.611. The number of pyridine rings is 1. The second kappa shape index (κ2) is 14.8. The van der Waals surface area contributed by atoms with Crippen LogP contribution in [0.1, 0.15) is 0 Å². The number of fused-ring (bicyclic) bond motifs is 1. The molecule has 0 aliphatic heterocycles. The Morgan fingerprint density at radius 3 is 1.19 bits per heavy atom. The van der Waals surface area contributed by atoms with Crippen molar-refractivity contribution >= 4 is 5.65 Å². The van der Waals surface area contributed by atoms with Crippen molar-refractivity contribution in [2.45, 2.75) is 0 Å². The first kappa shape index (κ1) is 33.8. The number of rotatable bonds is 8. The van der Waals surface area contributed by atoms with Crippen LogP contribution in [0.15, 0.2) is 212 Å². The van der Waals surface area contributed by atoms with Crippen molar-refractivity contribution in [2.75, 3.05) is 0 Å². The molecule has 0 radical (unpaired) electrons. The van der Waals surface area contributed by atoms with Gasteiger partial charge < -0.3 is 0 Å². The molecule has 57 heavy (non-hydrogen) atoms. The summed E-state index contributed by atoms with van der Waals surface area (Å²) in [4.78, 5) is 20.3. The van der Waals surface area contributed by atoms with E-state index in [2.05, 4.69) is 156 Å². The summed E-state index contributed by atoms with van der Waals surface area (Å²) < 4.78 is 2.17. The molecule has 0 saturated heterocycles. The van der Waals surface area contributed by atoms with E-state index in [0.29, 0.717) is 17.5 Å². The van der Waals surface area contributed by atoms with E-state index in [9.17, 15) is 0 Å². The van der Waals surface area contributed by atoms with E-state index in [0.717, 1.165) is 72.7 Å². The Labute approximate surface area is 331 Å². The minimum Gasteiger partial charge on any atom is -0.299 e. The van der Waals surface area contributed by atoms with Gasteiger partial charge in [0.05, 0.1) is 11.4 Å². The Bertz CT molecular complexity index is 2960. The van der Waals surface area contributed by atoms with Gasteiger partial charge in [0.15, 0.2) is 17.5 Å². The molecule has 0 aliphatic carbocycles. The summed E-state index contributed by atoms with van der Waals surface area (Å²) in [6.45, 7) is 0. The highest BCUT2D eigenvalue weighted by Crippen LogP contribution is 2.37. The van der Waals surface area contributed by atoms with Crippen LogP contribution < -0.4 is 0 Å². The minimum absolute atomic E-state index is 0.611. The molecule has 5 nitrogen and oxygen atoms in total. The van der Waals surface area contributed by atoms with Crippen LogP contribution in [0.3, 0.4) is 0 Å². The molecule has 0 N–H and O–H groups in total. The fourth-order valence-corrected chi connectivity index (χ4v) is 7.40. The third kappa shape index (κ3) is 6.79. The van der Waals surface area contributed by atoms with Crippen molar-refractivity contribution in [1.29, 1.82) is 0 Å². The number of imidazole rings is 1. The van der Waals surface area contributed by atoms with E-state index < -0.39 is 0 Å². The zero-order valence-electron chi connectivity index (χ0n) is 30.9. The van der Waals surface area contributed by atoms with Gasteiger partial charge in [0.1, 0.15) is 5.65 Å². The Morgan fingerprint density at radius 2 is 0.632 bits per heavy atom. The van der Waals surface area contributed by atoms with Crippen LogP contribution in [0, 0.1) is 0 Å². The standard InChI is InChI=1S/C52H35N5/c1-5-15-36(16-6-1)38-26-30-43(31-27-38)51-54-50(42-21-11-4-12-22-42)55-52(56-51)46-34-44(37-17-7-2-8-18-37)33-45(35-46)39-24-28-41(29-25-39)49-48(40-19-9-3-10-20-40)53-47-23-13-14-32-57(47)49/h1-35H. The molecular formula is C52H35N5. The van der Waals surface area contributed by atoms with Crippen molar-refractivity contribution in [1.82, 2.24) is 24.3 Å². The van der Waals surface area contributed by atoms with Crippen molar-refractivity contribution in [3.8, 4) is 90.1 Å².